The lowest BCUT2D eigenvalue weighted by Gasteiger charge is -2.14. The second kappa shape index (κ2) is 5.77. The lowest BCUT2D eigenvalue weighted by atomic mass is 10.2. The van der Waals surface area contributed by atoms with E-state index in [0.29, 0.717) is 12.1 Å². The summed E-state index contributed by atoms with van der Waals surface area (Å²) in [6.45, 7) is 4.23. The number of nitrogens with one attached hydrogen (secondary N) is 1. The van der Waals surface area contributed by atoms with Crippen molar-refractivity contribution in [3.8, 4) is 0 Å². The van der Waals surface area contributed by atoms with Crippen LogP contribution in [-0.4, -0.2) is 29.1 Å². The minimum Gasteiger partial charge on any atom is -0.459 e. The molecule has 1 aliphatic rings. The molecule has 1 aromatic heterocycles. The number of carbonyl (C=O) groups is 2. The van der Waals surface area contributed by atoms with Gasteiger partial charge >= 0.3 is 5.97 Å². The molecule has 0 radical (unpaired) electrons. The average molecular weight is 329 g/mol. The molecule has 1 amide bonds. The Morgan fingerprint density at radius 2 is 2.37 bits per heavy atom. The van der Waals surface area contributed by atoms with Crippen molar-refractivity contribution in [2.75, 3.05) is 6.61 Å². The van der Waals surface area contributed by atoms with Gasteiger partial charge in [0.1, 0.15) is 12.3 Å². The molecular formula is C13H17BrN2O3. The van der Waals surface area contributed by atoms with Gasteiger partial charge in [-0.3, -0.25) is 4.79 Å². The fraction of sp³-hybridized carbons (Fsp3) is 0.538. The van der Waals surface area contributed by atoms with Gasteiger partial charge in [0.2, 0.25) is 5.91 Å². The first kappa shape index (κ1) is 14.1. The molecule has 1 aromatic rings. The highest BCUT2D eigenvalue weighted by Gasteiger charge is 2.23. The van der Waals surface area contributed by atoms with Gasteiger partial charge in [-0.25, -0.2) is 4.79 Å². The number of ether oxygens (including phenoxy) is 1. The third-order valence-corrected chi connectivity index (χ3v) is 3.51. The molecule has 1 aliphatic heterocycles. The normalized spacial score (nSPS) is 18.7. The Morgan fingerprint density at radius 3 is 2.95 bits per heavy atom. The first-order valence-electron chi connectivity index (χ1n) is 6.31. The van der Waals surface area contributed by atoms with Gasteiger partial charge in [-0.05, 0) is 42.3 Å². The molecule has 6 heteroatoms. The first-order valence-corrected chi connectivity index (χ1v) is 7.10. The molecule has 1 fully saturated rings. The maximum absolute atomic E-state index is 12.0. The van der Waals surface area contributed by atoms with Gasteiger partial charge in [0.05, 0.1) is 6.04 Å². The minimum atomic E-state index is -0.361. The SMILES string of the molecule is CC(C)n1cc(Br)cc1C(=O)OC[C@H]1CCC(=O)N1. The molecule has 2 rings (SSSR count). The average Bonchev–Trinajstić information content (AvgIpc) is 2.92. The van der Waals surface area contributed by atoms with Gasteiger partial charge < -0.3 is 14.6 Å². The summed E-state index contributed by atoms with van der Waals surface area (Å²) in [5, 5.41) is 2.77. The lowest BCUT2D eigenvalue weighted by Crippen LogP contribution is -2.31. The maximum atomic E-state index is 12.0. The van der Waals surface area contributed by atoms with Gasteiger partial charge in [-0.2, -0.15) is 0 Å². The number of nitrogens with zero attached hydrogens (tertiary/aromatic N) is 1. The summed E-state index contributed by atoms with van der Waals surface area (Å²) >= 11 is 3.36. The van der Waals surface area contributed by atoms with E-state index in [1.165, 1.54) is 0 Å². The standard InChI is InChI=1S/C13H17BrN2O3/c1-8(2)16-6-9(14)5-11(16)13(18)19-7-10-3-4-12(17)15-10/h5-6,8,10H,3-4,7H2,1-2H3,(H,15,17)/t10-/m1/s1. The Kier molecular flexibility index (Phi) is 4.29. The Balaban J connectivity index is 1.98. The monoisotopic (exact) mass is 328 g/mol. The molecule has 0 bridgehead atoms. The number of halogens is 1. The van der Waals surface area contributed by atoms with Crippen LogP contribution in [0, 0.1) is 0 Å². The lowest BCUT2D eigenvalue weighted by molar-refractivity contribution is -0.119. The van der Waals surface area contributed by atoms with Crippen LogP contribution in [0.25, 0.3) is 0 Å². The van der Waals surface area contributed by atoms with Crippen LogP contribution in [0.3, 0.4) is 0 Å². The third-order valence-electron chi connectivity index (χ3n) is 3.08. The summed E-state index contributed by atoms with van der Waals surface area (Å²) in [4.78, 5) is 23.1. The molecule has 5 nitrogen and oxygen atoms in total. The number of hydrogen-bond donors (Lipinski definition) is 1. The largest absolute Gasteiger partial charge is 0.459 e. The number of amides is 1. The maximum Gasteiger partial charge on any atom is 0.355 e. The Bertz CT molecular complexity index is 496. The summed E-state index contributed by atoms with van der Waals surface area (Å²) < 4.78 is 7.98. The van der Waals surface area contributed by atoms with Crippen molar-refractivity contribution in [1.82, 2.24) is 9.88 Å². The molecule has 19 heavy (non-hydrogen) atoms. The van der Waals surface area contributed by atoms with Crippen molar-refractivity contribution >= 4 is 27.8 Å². The molecule has 0 saturated carbocycles. The van der Waals surface area contributed by atoms with E-state index in [2.05, 4.69) is 21.2 Å². The van der Waals surface area contributed by atoms with Crippen LogP contribution in [0.1, 0.15) is 43.2 Å². The van der Waals surface area contributed by atoms with Crippen molar-refractivity contribution in [1.29, 1.82) is 0 Å². The van der Waals surface area contributed by atoms with E-state index in [1.807, 2.05) is 24.6 Å². The number of esters is 1. The number of rotatable bonds is 4. The van der Waals surface area contributed by atoms with E-state index in [-0.39, 0.29) is 30.6 Å². The molecule has 0 aliphatic carbocycles. The van der Waals surface area contributed by atoms with Gasteiger partial charge in [0.15, 0.2) is 0 Å². The van der Waals surface area contributed by atoms with Crippen molar-refractivity contribution in [3.05, 3.63) is 22.4 Å². The van der Waals surface area contributed by atoms with Gasteiger partial charge in [-0.15, -0.1) is 0 Å². The molecule has 0 unspecified atom stereocenters. The Morgan fingerprint density at radius 1 is 1.63 bits per heavy atom. The smallest absolute Gasteiger partial charge is 0.355 e. The molecule has 2 heterocycles. The van der Waals surface area contributed by atoms with Gasteiger partial charge in [0.25, 0.3) is 0 Å². The van der Waals surface area contributed by atoms with Crippen LogP contribution in [-0.2, 0) is 9.53 Å². The summed E-state index contributed by atoms with van der Waals surface area (Å²) in [7, 11) is 0. The molecule has 0 spiro atoms. The summed E-state index contributed by atoms with van der Waals surface area (Å²) in [5.74, 6) is -0.338. The fourth-order valence-corrected chi connectivity index (χ4v) is 2.53. The Hall–Kier alpha value is -1.30. The quantitative estimate of drug-likeness (QED) is 0.862. The van der Waals surface area contributed by atoms with Gasteiger partial charge in [0, 0.05) is 23.1 Å². The molecule has 1 atom stereocenters. The zero-order valence-corrected chi connectivity index (χ0v) is 12.6. The van der Waals surface area contributed by atoms with Crippen molar-refractivity contribution in [2.45, 2.75) is 38.8 Å². The van der Waals surface area contributed by atoms with E-state index in [9.17, 15) is 9.59 Å². The number of hydrogen-bond acceptors (Lipinski definition) is 3. The van der Waals surface area contributed by atoms with Crippen LogP contribution in [0.5, 0.6) is 0 Å². The van der Waals surface area contributed by atoms with E-state index < -0.39 is 0 Å². The predicted octanol–water partition coefficient (Wildman–Crippen LogP) is 2.27. The summed E-state index contributed by atoms with van der Waals surface area (Å²) in [5.41, 5.74) is 0.520. The van der Waals surface area contributed by atoms with Crippen molar-refractivity contribution in [2.24, 2.45) is 0 Å². The molecule has 1 N–H and O–H groups in total. The van der Waals surface area contributed by atoms with E-state index >= 15 is 0 Å². The highest BCUT2D eigenvalue weighted by Crippen LogP contribution is 2.20. The van der Waals surface area contributed by atoms with E-state index in [1.54, 1.807) is 6.07 Å². The Labute approximate surface area is 120 Å². The van der Waals surface area contributed by atoms with Crippen LogP contribution < -0.4 is 5.32 Å². The topological polar surface area (TPSA) is 60.3 Å². The minimum absolute atomic E-state index is 0.0225. The molecule has 0 aromatic carbocycles. The highest BCUT2D eigenvalue weighted by molar-refractivity contribution is 9.10. The second-order valence-corrected chi connectivity index (χ2v) is 5.86. The fourth-order valence-electron chi connectivity index (χ4n) is 2.09. The first-order chi connectivity index (χ1) is 8.97. The predicted molar refractivity (Wildman–Crippen MR) is 74.0 cm³/mol. The van der Waals surface area contributed by atoms with E-state index in [0.717, 1.165) is 10.9 Å². The zero-order valence-electron chi connectivity index (χ0n) is 11.0. The summed E-state index contributed by atoms with van der Waals surface area (Å²) in [6, 6.07) is 1.87. The van der Waals surface area contributed by atoms with Crippen molar-refractivity contribution < 1.29 is 14.3 Å². The molecule has 1 saturated heterocycles. The highest BCUT2D eigenvalue weighted by atomic mass is 79.9. The van der Waals surface area contributed by atoms with E-state index in [4.69, 9.17) is 4.74 Å². The van der Waals surface area contributed by atoms with Crippen LogP contribution in [0.2, 0.25) is 0 Å². The summed E-state index contributed by atoms with van der Waals surface area (Å²) in [6.07, 6.45) is 3.09. The van der Waals surface area contributed by atoms with Crippen LogP contribution in [0.4, 0.5) is 0 Å². The van der Waals surface area contributed by atoms with Crippen LogP contribution >= 0.6 is 15.9 Å². The van der Waals surface area contributed by atoms with Gasteiger partial charge in [-0.1, -0.05) is 0 Å². The second-order valence-electron chi connectivity index (χ2n) is 4.95. The number of carbonyl (C=O) groups excluding carboxylic acids is 2. The molecular weight excluding hydrogens is 312 g/mol. The third kappa shape index (κ3) is 3.37. The van der Waals surface area contributed by atoms with Crippen LogP contribution in [0.15, 0.2) is 16.7 Å². The number of aromatic nitrogens is 1. The van der Waals surface area contributed by atoms with Crippen molar-refractivity contribution in [3.63, 3.8) is 0 Å². The molecule has 104 valence electrons. The zero-order chi connectivity index (χ0) is 14.0.